The number of hydrogen-bond donors (Lipinski definition) is 0. The monoisotopic (exact) mass is 630 g/mol. The maximum atomic E-state index is 14.3. The van der Waals surface area contributed by atoms with Crippen LogP contribution in [0.1, 0.15) is 47.2 Å². The lowest BCUT2D eigenvalue weighted by Gasteiger charge is -2.31. The first-order valence-electron chi connectivity index (χ1n) is 15.4. The smallest absolute Gasteiger partial charge is 0.271 e. The second kappa shape index (κ2) is 12.7. The van der Waals surface area contributed by atoms with Crippen molar-refractivity contribution in [3.63, 3.8) is 0 Å². The fourth-order valence-corrected chi connectivity index (χ4v) is 7.23. The molecule has 0 bridgehead atoms. The molecular weight excluding hydrogens is 596 g/mol. The molecule has 8 heteroatoms. The zero-order valence-electron chi connectivity index (χ0n) is 26.0. The molecule has 0 saturated heterocycles. The summed E-state index contributed by atoms with van der Waals surface area (Å²) in [5.41, 5.74) is 7.26. The van der Waals surface area contributed by atoms with Crippen LogP contribution in [0.15, 0.2) is 106 Å². The lowest BCUT2D eigenvalue weighted by molar-refractivity contribution is 0.269. The highest BCUT2D eigenvalue weighted by Crippen LogP contribution is 2.43. The highest BCUT2D eigenvalue weighted by molar-refractivity contribution is 7.07. The maximum Gasteiger partial charge on any atom is 0.271 e. The van der Waals surface area contributed by atoms with E-state index in [9.17, 15) is 4.79 Å². The molecule has 1 aliphatic heterocycles. The number of nitrogens with zero attached hydrogens (tertiary/aromatic N) is 2. The van der Waals surface area contributed by atoms with Crippen molar-refractivity contribution in [2.24, 2.45) is 4.99 Å². The van der Waals surface area contributed by atoms with E-state index in [1.165, 1.54) is 16.9 Å². The summed E-state index contributed by atoms with van der Waals surface area (Å²) < 4.78 is 25.7. The average Bonchev–Trinajstić information content (AvgIpc) is 3.40. The van der Waals surface area contributed by atoms with Crippen LogP contribution in [0, 0.1) is 0 Å². The minimum Gasteiger partial charge on any atom is -0.493 e. The van der Waals surface area contributed by atoms with E-state index in [4.69, 9.17) is 23.9 Å². The summed E-state index contributed by atoms with van der Waals surface area (Å²) in [5, 5.41) is 0. The Morgan fingerprint density at radius 2 is 1.63 bits per heavy atom. The molecule has 2 aliphatic rings. The van der Waals surface area contributed by atoms with Crippen LogP contribution >= 0.6 is 11.3 Å². The van der Waals surface area contributed by atoms with Crippen molar-refractivity contribution in [3.05, 3.63) is 144 Å². The van der Waals surface area contributed by atoms with Gasteiger partial charge in [0, 0.05) is 5.56 Å². The van der Waals surface area contributed by atoms with Gasteiger partial charge in [-0.15, -0.1) is 0 Å². The highest BCUT2D eigenvalue weighted by Gasteiger charge is 2.33. The minimum absolute atomic E-state index is 0.0868. The molecule has 4 aromatic carbocycles. The van der Waals surface area contributed by atoms with Crippen LogP contribution in [0.5, 0.6) is 23.0 Å². The van der Waals surface area contributed by atoms with Gasteiger partial charge in [0.2, 0.25) is 0 Å². The van der Waals surface area contributed by atoms with Gasteiger partial charge in [-0.3, -0.25) is 9.36 Å². The number of rotatable bonds is 9. The molecule has 7 nitrogen and oxygen atoms in total. The molecule has 5 aromatic rings. The molecule has 0 unspecified atom stereocenters. The number of aryl methyl sites for hydroxylation is 1. The quantitative estimate of drug-likeness (QED) is 0.191. The third kappa shape index (κ3) is 5.49. The van der Waals surface area contributed by atoms with E-state index in [2.05, 4.69) is 18.2 Å². The van der Waals surface area contributed by atoms with Crippen molar-refractivity contribution in [2.45, 2.75) is 32.4 Å². The molecule has 7 rings (SSSR count). The summed E-state index contributed by atoms with van der Waals surface area (Å²) in [4.78, 5) is 20.1. The van der Waals surface area contributed by atoms with Gasteiger partial charge in [-0.25, -0.2) is 4.99 Å². The topological polar surface area (TPSA) is 71.3 Å². The predicted molar refractivity (Wildman–Crippen MR) is 181 cm³/mol. The fraction of sp³-hybridized carbons (Fsp3) is 0.211. The van der Waals surface area contributed by atoms with Crippen LogP contribution in [0.25, 0.3) is 11.8 Å². The number of allylic oxidation sites excluding steroid dienone is 1. The van der Waals surface area contributed by atoms with E-state index >= 15 is 0 Å². The average molecular weight is 631 g/mol. The maximum absolute atomic E-state index is 14.3. The number of ether oxygens (including phenoxy) is 4. The number of fused-ring (bicyclic) bond motifs is 3. The lowest BCUT2D eigenvalue weighted by Crippen LogP contribution is -2.38. The Balaban J connectivity index is 1.34. The van der Waals surface area contributed by atoms with E-state index in [1.54, 1.807) is 14.2 Å². The summed E-state index contributed by atoms with van der Waals surface area (Å²) in [7, 11) is 3.25. The molecule has 1 aliphatic carbocycles. The van der Waals surface area contributed by atoms with E-state index in [1.807, 2.05) is 90.4 Å². The number of thiazole rings is 1. The first kappa shape index (κ1) is 29.6. The molecule has 2 heterocycles. The molecule has 46 heavy (non-hydrogen) atoms. The van der Waals surface area contributed by atoms with Gasteiger partial charge in [0.1, 0.15) is 6.61 Å². The predicted octanol–water partition coefficient (Wildman–Crippen LogP) is 6.31. The van der Waals surface area contributed by atoms with Crippen LogP contribution in [0.2, 0.25) is 0 Å². The normalized spacial score (nSPS) is 15.4. The number of benzene rings is 4. The van der Waals surface area contributed by atoms with Gasteiger partial charge in [0.15, 0.2) is 27.8 Å². The van der Waals surface area contributed by atoms with Gasteiger partial charge in [0.25, 0.3) is 5.56 Å². The van der Waals surface area contributed by atoms with Gasteiger partial charge in [-0.05, 0) is 77.9 Å². The molecule has 0 amide bonds. The van der Waals surface area contributed by atoms with Crippen molar-refractivity contribution in [1.29, 1.82) is 0 Å². The van der Waals surface area contributed by atoms with Gasteiger partial charge in [-0.1, -0.05) is 78.1 Å². The third-order valence-corrected chi connectivity index (χ3v) is 9.38. The zero-order valence-corrected chi connectivity index (χ0v) is 26.8. The molecule has 1 aromatic heterocycles. The second-order valence-electron chi connectivity index (χ2n) is 11.1. The van der Waals surface area contributed by atoms with Crippen molar-refractivity contribution in [2.75, 3.05) is 20.8 Å². The summed E-state index contributed by atoms with van der Waals surface area (Å²) in [5.74, 6) is 2.55. The van der Waals surface area contributed by atoms with Crippen molar-refractivity contribution in [3.8, 4) is 23.0 Å². The van der Waals surface area contributed by atoms with Crippen molar-refractivity contribution < 1.29 is 18.9 Å². The SMILES string of the molecule is CCOc1cc(/C=c2/sc3n(c2=O)[C@@H](c2ccc(OC)c(OC)c2)C2=C(N=3)c3ccccc3CC2)ccc1OCc1ccccc1. The third-order valence-electron chi connectivity index (χ3n) is 8.40. The summed E-state index contributed by atoms with van der Waals surface area (Å²) in [6, 6.07) is 29.8. The molecule has 0 spiro atoms. The number of methoxy groups -OCH3 is 2. The van der Waals surface area contributed by atoms with Crippen LogP contribution < -0.4 is 33.8 Å². The Morgan fingerprint density at radius 1 is 0.848 bits per heavy atom. The molecule has 0 radical (unpaired) electrons. The largest absolute Gasteiger partial charge is 0.493 e. The van der Waals surface area contributed by atoms with Crippen LogP contribution in [-0.2, 0) is 13.0 Å². The van der Waals surface area contributed by atoms with Crippen LogP contribution in [-0.4, -0.2) is 25.4 Å². The first-order chi connectivity index (χ1) is 22.6. The second-order valence-corrected chi connectivity index (χ2v) is 12.2. The molecule has 1 atom stereocenters. The zero-order chi connectivity index (χ0) is 31.6. The van der Waals surface area contributed by atoms with E-state index < -0.39 is 0 Å². The number of hydrogen-bond acceptors (Lipinski definition) is 7. The molecular formula is C38H34N2O5S. The van der Waals surface area contributed by atoms with Gasteiger partial charge in [0.05, 0.1) is 37.1 Å². The van der Waals surface area contributed by atoms with Crippen molar-refractivity contribution in [1.82, 2.24) is 4.57 Å². The molecule has 0 fully saturated rings. The summed E-state index contributed by atoms with van der Waals surface area (Å²) in [6.07, 6.45) is 3.61. The van der Waals surface area contributed by atoms with Crippen LogP contribution in [0.4, 0.5) is 0 Å². The van der Waals surface area contributed by atoms with E-state index in [-0.39, 0.29) is 11.6 Å². The Morgan fingerprint density at radius 3 is 2.43 bits per heavy atom. The van der Waals surface area contributed by atoms with E-state index in [0.717, 1.165) is 46.4 Å². The first-order valence-corrected chi connectivity index (χ1v) is 16.2. The Bertz CT molecular complexity index is 2130. The van der Waals surface area contributed by atoms with Gasteiger partial charge in [-0.2, -0.15) is 0 Å². The number of aromatic nitrogens is 1. The summed E-state index contributed by atoms with van der Waals surface area (Å²) in [6.45, 7) is 2.87. The molecule has 0 N–H and O–H groups in total. The Kier molecular flexibility index (Phi) is 8.20. The standard InChI is InChI=1S/C38H34N2O5S/c1-4-44-33-20-25(14-18-31(33)45-23-24-10-6-5-7-11-24)21-34-37(41)40-36(27-16-19-30(42-2)32(22-27)43-3)29-17-15-26-12-8-9-13-28(26)35(29)39-38(40)46-34/h5-14,16,18-22,36H,4,15,17,23H2,1-3H3/b34-21+/t36-/m0/s1. The summed E-state index contributed by atoms with van der Waals surface area (Å²) >= 11 is 1.40. The van der Waals surface area contributed by atoms with Gasteiger partial charge < -0.3 is 18.9 Å². The molecule has 0 saturated carbocycles. The molecule has 232 valence electrons. The van der Waals surface area contributed by atoms with Gasteiger partial charge >= 0.3 is 0 Å². The van der Waals surface area contributed by atoms with E-state index in [0.29, 0.717) is 45.5 Å². The lowest BCUT2D eigenvalue weighted by atomic mass is 9.83. The Hall–Kier alpha value is -5.08. The minimum atomic E-state index is -0.325. The fourth-order valence-electron chi connectivity index (χ4n) is 6.23. The Labute approximate surface area is 271 Å². The van der Waals surface area contributed by atoms with Crippen molar-refractivity contribution >= 4 is 23.1 Å². The highest BCUT2D eigenvalue weighted by atomic mass is 32.1. The van der Waals surface area contributed by atoms with Crippen LogP contribution in [0.3, 0.4) is 0 Å².